The van der Waals surface area contributed by atoms with Gasteiger partial charge >= 0.3 is 5.97 Å². The van der Waals surface area contributed by atoms with Gasteiger partial charge in [-0.3, -0.25) is 14.4 Å². The van der Waals surface area contributed by atoms with Gasteiger partial charge in [0.1, 0.15) is 6.04 Å². The van der Waals surface area contributed by atoms with Crippen molar-refractivity contribution in [2.75, 3.05) is 17.7 Å². The lowest BCUT2D eigenvalue weighted by molar-refractivity contribution is -0.143. The third-order valence-corrected chi connectivity index (χ3v) is 3.33. The van der Waals surface area contributed by atoms with Crippen LogP contribution in [0.4, 0.5) is 11.4 Å². The molecule has 0 aliphatic carbocycles. The number of hydrogen-bond acceptors (Lipinski definition) is 5. The molecule has 0 unspecified atom stereocenters. The van der Waals surface area contributed by atoms with Crippen molar-refractivity contribution >= 4 is 35.1 Å². The Hall–Kier alpha value is -2.90. The molecule has 0 saturated carbocycles. The summed E-state index contributed by atoms with van der Waals surface area (Å²) in [6, 6.07) is 3.67. The Morgan fingerprint density at radius 3 is 1.85 bits per heavy atom. The zero-order valence-electron chi connectivity index (χ0n) is 15.6. The van der Waals surface area contributed by atoms with Gasteiger partial charge in [0, 0.05) is 30.8 Å². The number of benzene rings is 1. The quantitative estimate of drug-likeness (QED) is 0.641. The number of anilines is 2. The van der Waals surface area contributed by atoms with Gasteiger partial charge in [-0.25, -0.2) is 4.79 Å². The first kappa shape index (κ1) is 21.1. The first-order chi connectivity index (χ1) is 12.1. The predicted octanol–water partition coefficient (Wildman–Crippen LogP) is 1.92. The summed E-state index contributed by atoms with van der Waals surface area (Å²) in [6.45, 7) is 6.52. The third kappa shape index (κ3) is 6.92. The molecule has 0 aliphatic heterocycles. The molecule has 0 radical (unpaired) electrons. The number of methoxy groups -OCH3 is 1. The van der Waals surface area contributed by atoms with Gasteiger partial charge in [0.2, 0.25) is 11.8 Å². The lowest BCUT2D eigenvalue weighted by Crippen LogP contribution is -2.42. The molecule has 1 rings (SSSR count). The van der Waals surface area contributed by atoms with Gasteiger partial charge in [0.25, 0.3) is 5.91 Å². The van der Waals surface area contributed by atoms with Crippen LogP contribution >= 0.6 is 0 Å². The smallest absolute Gasteiger partial charge is 0.328 e. The molecule has 0 bridgehead atoms. The van der Waals surface area contributed by atoms with E-state index in [9.17, 15) is 19.2 Å². The SMILES string of the molecule is COC(=O)[C@@H](CC(C)C)NC(=O)c1cc(NC(C)=O)cc(NC(C)=O)c1. The van der Waals surface area contributed by atoms with Crippen LogP contribution in [0, 0.1) is 5.92 Å². The number of carbonyl (C=O) groups excluding carboxylic acids is 4. The number of nitrogens with one attached hydrogen (secondary N) is 3. The van der Waals surface area contributed by atoms with Gasteiger partial charge in [-0.05, 0) is 30.5 Å². The molecular weight excluding hydrogens is 338 g/mol. The zero-order chi connectivity index (χ0) is 19.9. The number of ether oxygens (including phenoxy) is 1. The van der Waals surface area contributed by atoms with Crippen LogP contribution in [0.2, 0.25) is 0 Å². The Morgan fingerprint density at radius 2 is 1.46 bits per heavy atom. The molecule has 0 spiro atoms. The van der Waals surface area contributed by atoms with Gasteiger partial charge in [-0.15, -0.1) is 0 Å². The maximum atomic E-state index is 12.6. The van der Waals surface area contributed by atoms with Crippen molar-refractivity contribution in [3.63, 3.8) is 0 Å². The molecule has 0 heterocycles. The Morgan fingerprint density at radius 1 is 0.962 bits per heavy atom. The van der Waals surface area contributed by atoms with E-state index in [1.54, 1.807) is 0 Å². The van der Waals surface area contributed by atoms with E-state index in [1.165, 1.54) is 39.2 Å². The first-order valence-electron chi connectivity index (χ1n) is 8.21. The number of rotatable bonds is 7. The van der Waals surface area contributed by atoms with E-state index in [2.05, 4.69) is 16.0 Å². The fourth-order valence-corrected chi connectivity index (χ4v) is 2.38. The molecule has 3 N–H and O–H groups in total. The minimum absolute atomic E-state index is 0.167. The standard InChI is InChI=1S/C18H25N3O5/c1-10(2)6-16(18(25)26-5)21-17(24)13-7-14(19-11(3)22)9-15(8-13)20-12(4)23/h7-10,16H,6H2,1-5H3,(H,19,22)(H,20,23)(H,21,24)/t16-/m1/s1. The van der Waals surface area contributed by atoms with E-state index in [-0.39, 0.29) is 23.3 Å². The molecule has 1 aromatic carbocycles. The van der Waals surface area contributed by atoms with Crippen LogP contribution in [0.25, 0.3) is 0 Å². The van der Waals surface area contributed by atoms with Crippen LogP contribution in [-0.4, -0.2) is 36.8 Å². The van der Waals surface area contributed by atoms with Gasteiger partial charge in [-0.1, -0.05) is 13.8 Å². The summed E-state index contributed by atoms with van der Waals surface area (Å²) in [5, 5.41) is 7.78. The molecule has 142 valence electrons. The topological polar surface area (TPSA) is 114 Å². The van der Waals surface area contributed by atoms with E-state index in [0.29, 0.717) is 17.8 Å². The average Bonchev–Trinajstić information content (AvgIpc) is 2.51. The molecule has 0 aromatic heterocycles. The van der Waals surface area contributed by atoms with Crippen molar-refractivity contribution in [1.82, 2.24) is 5.32 Å². The van der Waals surface area contributed by atoms with Crippen molar-refractivity contribution in [1.29, 1.82) is 0 Å². The summed E-state index contributed by atoms with van der Waals surface area (Å²) < 4.78 is 4.74. The second-order valence-corrected chi connectivity index (χ2v) is 6.34. The van der Waals surface area contributed by atoms with Crippen molar-refractivity contribution in [2.45, 2.75) is 40.2 Å². The second kappa shape index (κ2) is 9.55. The highest BCUT2D eigenvalue weighted by Gasteiger charge is 2.23. The predicted molar refractivity (Wildman–Crippen MR) is 97.8 cm³/mol. The van der Waals surface area contributed by atoms with E-state index >= 15 is 0 Å². The van der Waals surface area contributed by atoms with Crippen LogP contribution in [0.5, 0.6) is 0 Å². The lowest BCUT2D eigenvalue weighted by atomic mass is 10.0. The molecule has 3 amide bonds. The van der Waals surface area contributed by atoms with Gasteiger partial charge in [-0.2, -0.15) is 0 Å². The Balaban J connectivity index is 3.12. The summed E-state index contributed by atoms with van der Waals surface area (Å²) in [5.41, 5.74) is 0.900. The van der Waals surface area contributed by atoms with E-state index < -0.39 is 17.9 Å². The third-order valence-electron chi connectivity index (χ3n) is 3.33. The molecule has 8 heteroatoms. The maximum absolute atomic E-state index is 12.6. The van der Waals surface area contributed by atoms with Gasteiger partial charge in [0.05, 0.1) is 7.11 Å². The van der Waals surface area contributed by atoms with E-state index in [0.717, 1.165) is 0 Å². The lowest BCUT2D eigenvalue weighted by Gasteiger charge is -2.19. The molecule has 26 heavy (non-hydrogen) atoms. The number of esters is 1. The first-order valence-corrected chi connectivity index (χ1v) is 8.21. The van der Waals surface area contributed by atoms with E-state index in [1.807, 2.05) is 13.8 Å². The summed E-state index contributed by atoms with van der Waals surface area (Å²) in [7, 11) is 1.26. The van der Waals surface area contributed by atoms with Gasteiger partial charge in [0.15, 0.2) is 0 Å². The molecule has 0 fully saturated rings. The molecule has 0 saturated heterocycles. The van der Waals surface area contributed by atoms with Crippen molar-refractivity contribution < 1.29 is 23.9 Å². The van der Waals surface area contributed by atoms with Crippen LogP contribution in [0.1, 0.15) is 44.5 Å². The molecule has 8 nitrogen and oxygen atoms in total. The Kier molecular flexibility index (Phi) is 7.77. The fourth-order valence-electron chi connectivity index (χ4n) is 2.38. The minimum atomic E-state index is -0.791. The normalized spacial score (nSPS) is 11.5. The van der Waals surface area contributed by atoms with Crippen molar-refractivity contribution in [3.05, 3.63) is 23.8 Å². The highest BCUT2D eigenvalue weighted by atomic mass is 16.5. The highest BCUT2D eigenvalue weighted by Crippen LogP contribution is 2.20. The Bertz CT molecular complexity index is 666. The summed E-state index contributed by atoms with van der Waals surface area (Å²) in [5.74, 6) is -1.51. The molecule has 1 atom stereocenters. The minimum Gasteiger partial charge on any atom is -0.467 e. The summed E-state index contributed by atoms with van der Waals surface area (Å²) in [4.78, 5) is 47.1. The number of carbonyl (C=O) groups is 4. The van der Waals surface area contributed by atoms with E-state index in [4.69, 9.17) is 4.74 Å². The Labute approximate surface area is 152 Å². The van der Waals surface area contributed by atoms with Crippen LogP contribution in [0.3, 0.4) is 0 Å². The second-order valence-electron chi connectivity index (χ2n) is 6.34. The summed E-state index contributed by atoms with van der Waals surface area (Å²) >= 11 is 0. The molecule has 0 aliphatic rings. The zero-order valence-corrected chi connectivity index (χ0v) is 15.6. The average molecular weight is 363 g/mol. The van der Waals surface area contributed by atoms with Crippen molar-refractivity contribution in [3.8, 4) is 0 Å². The van der Waals surface area contributed by atoms with Crippen molar-refractivity contribution in [2.24, 2.45) is 5.92 Å². The van der Waals surface area contributed by atoms with Crippen LogP contribution < -0.4 is 16.0 Å². The monoisotopic (exact) mass is 363 g/mol. The maximum Gasteiger partial charge on any atom is 0.328 e. The van der Waals surface area contributed by atoms with Crippen LogP contribution in [-0.2, 0) is 19.1 Å². The molecule has 1 aromatic rings. The number of hydrogen-bond donors (Lipinski definition) is 3. The highest BCUT2D eigenvalue weighted by molar-refractivity contribution is 6.01. The largest absolute Gasteiger partial charge is 0.467 e. The summed E-state index contributed by atoms with van der Waals surface area (Å²) in [6.07, 6.45) is 0.419. The fraction of sp³-hybridized carbons (Fsp3) is 0.444. The van der Waals surface area contributed by atoms with Crippen LogP contribution in [0.15, 0.2) is 18.2 Å². The van der Waals surface area contributed by atoms with Gasteiger partial charge < -0.3 is 20.7 Å². The molecular formula is C18H25N3O5. The number of amides is 3.